The van der Waals surface area contributed by atoms with E-state index in [9.17, 15) is 0 Å². The van der Waals surface area contributed by atoms with Crippen molar-refractivity contribution in [3.63, 3.8) is 0 Å². The van der Waals surface area contributed by atoms with Crippen LogP contribution in [-0.2, 0) is 0 Å². The zero-order chi connectivity index (χ0) is 5.98. The molecule has 0 unspecified atom stereocenters. The lowest BCUT2D eigenvalue weighted by Crippen LogP contribution is -1.77. The maximum atomic E-state index is 3.96. The van der Waals surface area contributed by atoms with E-state index in [1.165, 1.54) is 0 Å². The fourth-order valence-corrected chi connectivity index (χ4v) is 0.499. The number of aromatic nitrogens is 2. The molecule has 8 heavy (non-hydrogen) atoms. The zero-order valence-electron chi connectivity index (χ0n) is 4.81. The van der Waals surface area contributed by atoms with E-state index in [1.54, 1.807) is 12.4 Å². The third kappa shape index (κ3) is 0.780. The van der Waals surface area contributed by atoms with Crippen LogP contribution >= 0.6 is 0 Å². The lowest BCUT2D eigenvalue weighted by molar-refractivity contribution is 1.23. The number of allylic oxidation sites excluding steroid dienone is 1. The van der Waals surface area contributed by atoms with Crippen LogP contribution in [0.2, 0.25) is 0 Å². The van der Waals surface area contributed by atoms with Crippen LogP contribution in [0.1, 0.15) is 12.7 Å². The molecule has 1 heterocycles. The molecule has 2 nitrogen and oxygen atoms in total. The Balaban J connectivity index is 2.93. The second-order valence-corrected chi connectivity index (χ2v) is 1.72. The summed E-state index contributed by atoms with van der Waals surface area (Å²) in [5, 5.41) is 0. The number of nitrogens with zero attached hydrogens (tertiary/aromatic N) is 1. The topological polar surface area (TPSA) is 28.7 Å². The van der Waals surface area contributed by atoms with Gasteiger partial charge in [0, 0.05) is 12.4 Å². The van der Waals surface area contributed by atoms with Gasteiger partial charge in [-0.25, -0.2) is 4.98 Å². The molecule has 0 aliphatic carbocycles. The van der Waals surface area contributed by atoms with E-state index in [0.29, 0.717) is 0 Å². The van der Waals surface area contributed by atoms with Crippen LogP contribution in [0.3, 0.4) is 0 Å². The number of hydrogen-bond donors (Lipinski definition) is 1. The van der Waals surface area contributed by atoms with E-state index in [0.717, 1.165) is 11.4 Å². The van der Waals surface area contributed by atoms with E-state index in [1.807, 2.05) is 6.92 Å². The molecule has 0 bridgehead atoms. The summed E-state index contributed by atoms with van der Waals surface area (Å²) in [5.41, 5.74) is 0.968. The molecule has 2 heteroatoms. The summed E-state index contributed by atoms with van der Waals surface area (Å²) in [6.45, 7) is 5.62. The van der Waals surface area contributed by atoms with Gasteiger partial charge in [-0.2, -0.15) is 0 Å². The van der Waals surface area contributed by atoms with E-state index in [2.05, 4.69) is 16.5 Å². The Bertz CT molecular complexity index is 174. The summed E-state index contributed by atoms with van der Waals surface area (Å²) in [6, 6.07) is 0. The maximum absolute atomic E-state index is 3.96. The van der Waals surface area contributed by atoms with Gasteiger partial charge in [-0.15, -0.1) is 0 Å². The lowest BCUT2D eigenvalue weighted by Gasteiger charge is -1.86. The molecule has 0 aliphatic rings. The van der Waals surface area contributed by atoms with Gasteiger partial charge in [0.2, 0.25) is 0 Å². The van der Waals surface area contributed by atoms with Crippen molar-refractivity contribution in [3.8, 4) is 0 Å². The summed E-state index contributed by atoms with van der Waals surface area (Å²) in [7, 11) is 0. The Morgan fingerprint density at radius 1 is 1.88 bits per heavy atom. The molecule has 0 aliphatic heterocycles. The van der Waals surface area contributed by atoms with Gasteiger partial charge in [-0.3, -0.25) is 0 Å². The van der Waals surface area contributed by atoms with Gasteiger partial charge in [-0.1, -0.05) is 6.58 Å². The first-order valence-electron chi connectivity index (χ1n) is 2.46. The molecule has 0 saturated carbocycles. The monoisotopic (exact) mass is 108 g/mol. The third-order valence-electron chi connectivity index (χ3n) is 0.902. The van der Waals surface area contributed by atoms with Crippen LogP contribution in [0, 0.1) is 0 Å². The summed E-state index contributed by atoms with van der Waals surface area (Å²) in [4.78, 5) is 6.89. The van der Waals surface area contributed by atoms with Gasteiger partial charge < -0.3 is 4.98 Å². The molecule has 0 radical (unpaired) electrons. The van der Waals surface area contributed by atoms with E-state index in [4.69, 9.17) is 0 Å². The average molecular weight is 108 g/mol. The summed E-state index contributed by atoms with van der Waals surface area (Å²) < 4.78 is 0. The quantitative estimate of drug-likeness (QED) is 0.579. The van der Waals surface area contributed by atoms with Crippen LogP contribution in [0.5, 0.6) is 0 Å². The zero-order valence-corrected chi connectivity index (χ0v) is 4.81. The van der Waals surface area contributed by atoms with Crippen molar-refractivity contribution in [2.75, 3.05) is 0 Å². The molecule has 0 saturated heterocycles. The summed E-state index contributed by atoms with van der Waals surface area (Å²) >= 11 is 0. The fraction of sp³-hybridized carbons (Fsp3) is 0.167. The first-order chi connectivity index (χ1) is 3.80. The lowest BCUT2D eigenvalue weighted by atomic mass is 10.3. The van der Waals surface area contributed by atoms with Crippen LogP contribution in [0.4, 0.5) is 0 Å². The van der Waals surface area contributed by atoms with Crippen molar-refractivity contribution in [2.24, 2.45) is 0 Å². The minimum absolute atomic E-state index is 0.866. The molecule has 0 fully saturated rings. The smallest absolute Gasteiger partial charge is 0.132 e. The summed E-state index contributed by atoms with van der Waals surface area (Å²) in [6.07, 6.45) is 3.49. The van der Waals surface area contributed by atoms with Gasteiger partial charge in [-0.05, 0) is 12.5 Å². The SMILES string of the molecule is C=C(C)c1ncc[nH]1. The molecule has 0 aromatic carbocycles. The average Bonchev–Trinajstić information content (AvgIpc) is 2.12. The second-order valence-electron chi connectivity index (χ2n) is 1.72. The Labute approximate surface area is 48.3 Å². The van der Waals surface area contributed by atoms with E-state index < -0.39 is 0 Å². The Hall–Kier alpha value is -1.05. The minimum Gasteiger partial charge on any atom is -0.345 e. The predicted octanol–water partition coefficient (Wildman–Crippen LogP) is 1.44. The van der Waals surface area contributed by atoms with E-state index in [-0.39, 0.29) is 0 Å². The molecular formula is C6H8N2. The maximum Gasteiger partial charge on any atom is 0.132 e. The van der Waals surface area contributed by atoms with Gasteiger partial charge in [0.1, 0.15) is 5.82 Å². The van der Waals surface area contributed by atoms with Crippen LogP contribution < -0.4 is 0 Å². The molecular weight excluding hydrogens is 100 g/mol. The number of rotatable bonds is 1. The van der Waals surface area contributed by atoms with Crippen LogP contribution in [-0.4, -0.2) is 9.97 Å². The van der Waals surface area contributed by atoms with Crippen molar-refractivity contribution >= 4 is 5.57 Å². The number of aromatic amines is 1. The number of H-pyrrole nitrogens is 1. The standard InChI is InChI=1S/C6H8N2/c1-5(2)6-7-3-4-8-6/h3-4H,1H2,2H3,(H,7,8). The molecule has 1 aromatic heterocycles. The number of imidazole rings is 1. The highest BCUT2D eigenvalue weighted by molar-refractivity contribution is 5.53. The molecule has 1 rings (SSSR count). The van der Waals surface area contributed by atoms with Crippen molar-refractivity contribution in [1.29, 1.82) is 0 Å². The van der Waals surface area contributed by atoms with Crippen molar-refractivity contribution in [3.05, 3.63) is 24.8 Å². The second kappa shape index (κ2) is 1.82. The number of hydrogen-bond acceptors (Lipinski definition) is 1. The first kappa shape index (κ1) is 5.09. The predicted molar refractivity (Wildman–Crippen MR) is 33.3 cm³/mol. The Kier molecular flexibility index (Phi) is 1.16. The van der Waals surface area contributed by atoms with Gasteiger partial charge >= 0.3 is 0 Å². The molecule has 0 amide bonds. The summed E-state index contributed by atoms with van der Waals surface area (Å²) in [5.74, 6) is 0.866. The van der Waals surface area contributed by atoms with Gasteiger partial charge in [0.15, 0.2) is 0 Å². The van der Waals surface area contributed by atoms with E-state index >= 15 is 0 Å². The van der Waals surface area contributed by atoms with Gasteiger partial charge in [0.25, 0.3) is 0 Å². The van der Waals surface area contributed by atoms with Gasteiger partial charge in [0.05, 0.1) is 0 Å². The van der Waals surface area contributed by atoms with Crippen LogP contribution in [0.25, 0.3) is 5.57 Å². The number of nitrogens with one attached hydrogen (secondary N) is 1. The molecule has 0 atom stereocenters. The highest BCUT2D eigenvalue weighted by Crippen LogP contribution is 2.01. The Morgan fingerprint density at radius 3 is 2.88 bits per heavy atom. The van der Waals surface area contributed by atoms with Crippen molar-refractivity contribution < 1.29 is 0 Å². The molecule has 42 valence electrons. The highest BCUT2D eigenvalue weighted by Gasteiger charge is 1.89. The van der Waals surface area contributed by atoms with Crippen molar-refractivity contribution in [2.45, 2.75) is 6.92 Å². The minimum atomic E-state index is 0.866. The Morgan fingerprint density at radius 2 is 2.62 bits per heavy atom. The largest absolute Gasteiger partial charge is 0.345 e. The van der Waals surface area contributed by atoms with Crippen molar-refractivity contribution in [1.82, 2.24) is 9.97 Å². The normalized spacial score (nSPS) is 9.12. The third-order valence-corrected chi connectivity index (χ3v) is 0.902. The molecule has 0 spiro atoms. The fourth-order valence-electron chi connectivity index (χ4n) is 0.499. The molecule has 1 aromatic rings. The van der Waals surface area contributed by atoms with Crippen LogP contribution in [0.15, 0.2) is 19.0 Å². The molecule has 1 N–H and O–H groups in total. The highest BCUT2D eigenvalue weighted by atomic mass is 14.9. The first-order valence-corrected chi connectivity index (χ1v) is 2.46.